The first-order chi connectivity index (χ1) is 10.1. The molecule has 2 aromatic rings. The standard InChI is InChI=1S/C16H21BrN2S2/c1-4-18-9-14-16(11(2)3)19-15(21-14)10-20-13-8-6-5-7-12(13)17/h5-8,11,18H,4,9-10H2,1-3H3. The van der Waals surface area contributed by atoms with Gasteiger partial charge in [0.05, 0.1) is 11.4 Å². The van der Waals surface area contributed by atoms with Crippen molar-refractivity contribution in [1.82, 2.24) is 10.3 Å². The molecule has 21 heavy (non-hydrogen) atoms. The molecule has 1 heterocycles. The normalized spacial score (nSPS) is 11.3. The van der Waals surface area contributed by atoms with E-state index < -0.39 is 0 Å². The topological polar surface area (TPSA) is 24.9 Å². The highest BCUT2D eigenvalue weighted by Gasteiger charge is 2.14. The third-order valence-corrected chi connectivity index (χ3v) is 6.33. The first kappa shape index (κ1) is 17.0. The Bertz CT molecular complexity index is 581. The van der Waals surface area contributed by atoms with Crippen LogP contribution in [0, 0.1) is 0 Å². The van der Waals surface area contributed by atoms with Gasteiger partial charge in [-0.1, -0.05) is 32.9 Å². The summed E-state index contributed by atoms with van der Waals surface area (Å²) in [6.45, 7) is 8.50. The average Bonchev–Trinajstić information content (AvgIpc) is 2.88. The highest BCUT2D eigenvalue weighted by Crippen LogP contribution is 2.33. The first-order valence-electron chi connectivity index (χ1n) is 7.18. The van der Waals surface area contributed by atoms with Gasteiger partial charge in [-0.15, -0.1) is 23.1 Å². The number of halogens is 1. The molecule has 0 unspecified atom stereocenters. The first-order valence-corrected chi connectivity index (χ1v) is 9.77. The summed E-state index contributed by atoms with van der Waals surface area (Å²) in [5.74, 6) is 1.41. The predicted molar refractivity (Wildman–Crippen MR) is 97.3 cm³/mol. The van der Waals surface area contributed by atoms with Gasteiger partial charge >= 0.3 is 0 Å². The number of nitrogens with one attached hydrogen (secondary N) is 1. The minimum absolute atomic E-state index is 0.483. The Hall–Kier alpha value is -0.360. The second-order valence-corrected chi connectivity index (χ2v) is 8.11. The maximum Gasteiger partial charge on any atom is 0.103 e. The van der Waals surface area contributed by atoms with E-state index in [-0.39, 0.29) is 0 Å². The monoisotopic (exact) mass is 384 g/mol. The van der Waals surface area contributed by atoms with Gasteiger partial charge in [0.2, 0.25) is 0 Å². The molecule has 0 amide bonds. The number of nitrogens with zero attached hydrogens (tertiary/aromatic N) is 1. The Balaban J connectivity index is 2.08. The quantitative estimate of drug-likeness (QED) is 0.644. The zero-order chi connectivity index (χ0) is 15.2. The van der Waals surface area contributed by atoms with Crippen LogP contribution >= 0.6 is 39.0 Å². The number of hydrogen-bond donors (Lipinski definition) is 1. The maximum atomic E-state index is 4.85. The minimum atomic E-state index is 0.483. The van der Waals surface area contributed by atoms with Crippen LogP contribution in [0.3, 0.4) is 0 Å². The largest absolute Gasteiger partial charge is 0.312 e. The fourth-order valence-electron chi connectivity index (χ4n) is 1.99. The van der Waals surface area contributed by atoms with Crippen LogP contribution < -0.4 is 5.32 Å². The van der Waals surface area contributed by atoms with E-state index in [1.807, 2.05) is 29.2 Å². The summed E-state index contributed by atoms with van der Waals surface area (Å²) in [7, 11) is 0. The van der Waals surface area contributed by atoms with E-state index in [1.165, 1.54) is 20.5 Å². The van der Waals surface area contributed by atoms with Gasteiger partial charge in [0.25, 0.3) is 0 Å². The molecule has 0 spiro atoms. The summed E-state index contributed by atoms with van der Waals surface area (Å²) >= 11 is 7.28. The van der Waals surface area contributed by atoms with Crippen LogP contribution in [-0.2, 0) is 12.3 Å². The summed E-state index contributed by atoms with van der Waals surface area (Å²) in [6, 6.07) is 8.35. The van der Waals surface area contributed by atoms with Crippen molar-refractivity contribution in [2.75, 3.05) is 6.54 Å². The Kier molecular flexibility index (Phi) is 6.74. The van der Waals surface area contributed by atoms with Crippen LogP contribution in [0.4, 0.5) is 0 Å². The van der Waals surface area contributed by atoms with Crippen molar-refractivity contribution in [2.45, 2.75) is 43.9 Å². The molecular weight excluding hydrogens is 364 g/mol. The molecule has 0 aliphatic carbocycles. The molecule has 1 N–H and O–H groups in total. The van der Waals surface area contributed by atoms with Gasteiger partial charge in [0.1, 0.15) is 5.01 Å². The van der Waals surface area contributed by atoms with Crippen LogP contribution in [0.25, 0.3) is 0 Å². The van der Waals surface area contributed by atoms with Gasteiger partial charge in [-0.2, -0.15) is 0 Å². The highest BCUT2D eigenvalue weighted by molar-refractivity contribution is 9.10. The molecule has 0 atom stereocenters. The van der Waals surface area contributed by atoms with Gasteiger partial charge in [-0.05, 0) is 40.5 Å². The van der Waals surface area contributed by atoms with Crippen molar-refractivity contribution in [2.24, 2.45) is 0 Å². The summed E-state index contributed by atoms with van der Waals surface area (Å²) in [5, 5.41) is 4.63. The van der Waals surface area contributed by atoms with E-state index in [2.05, 4.69) is 60.2 Å². The zero-order valence-electron chi connectivity index (χ0n) is 12.6. The molecule has 0 saturated heterocycles. The van der Waals surface area contributed by atoms with Crippen LogP contribution in [-0.4, -0.2) is 11.5 Å². The maximum absolute atomic E-state index is 4.85. The molecule has 0 aliphatic heterocycles. The Morgan fingerprint density at radius 3 is 2.76 bits per heavy atom. The van der Waals surface area contributed by atoms with Crippen LogP contribution in [0.2, 0.25) is 0 Å². The molecule has 5 heteroatoms. The number of benzene rings is 1. The molecular formula is C16H21BrN2S2. The van der Waals surface area contributed by atoms with E-state index >= 15 is 0 Å². The fraction of sp³-hybridized carbons (Fsp3) is 0.438. The van der Waals surface area contributed by atoms with Crippen molar-refractivity contribution in [1.29, 1.82) is 0 Å². The summed E-state index contributed by atoms with van der Waals surface area (Å²) in [6.07, 6.45) is 0. The van der Waals surface area contributed by atoms with Crippen molar-refractivity contribution in [3.63, 3.8) is 0 Å². The summed E-state index contributed by atoms with van der Waals surface area (Å²) < 4.78 is 1.16. The molecule has 0 aliphatic rings. The van der Waals surface area contributed by atoms with E-state index in [9.17, 15) is 0 Å². The van der Waals surface area contributed by atoms with Crippen molar-refractivity contribution < 1.29 is 0 Å². The van der Waals surface area contributed by atoms with Gasteiger partial charge in [0.15, 0.2) is 0 Å². The molecule has 2 rings (SSSR count). The van der Waals surface area contributed by atoms with Gasteiger partial charge in [-0.3, -0.25) is 0 Å². The van der Waals surface area contributed by atoms with Crippen LogP contribution in [0.5, 0.6) is 0 Å². The molecule has 0 saturated carbocycles. The third-order valence-electron chi connectivity index (χ3n) is 3.04. The third kappa shape index (κ3) is 4.81. The molecule has 0 bridgehead atoms. The number of rotatable bonds is 7. The second-order valence-electron chi connectivity index (χ2n) is 5.07. The molecule has 1 aromatic heterocycles. The number of hydrogen-bond acceptors (Lipinski definition) is 4. The molecule has 0 fully saturated rings. The number of thiazole rings is 1. The predicted octanol–water partition coefficient (Wildman–Crippen LogP) is 5.43. The smallest absolute Gasteiger partial charge is 0.103 e. The van der Waals surface area contributed by atoms with Gasteiger partial charge in [0, 0.05) is 20.8 Å². The summed E-state index contributed by atoms with van der Waals surface area (Å²) in [4.78, 5) is 7.50. The van der Waals surface area contributed by atoms with E-state index in [0.29, 0.717) is 5.92 Å². The molecule has 0 radical (unpaired) electrons. The summed E-state index contributed by atoms with van der Waals surface area (Å²) in [5.41, 5.74) is 1.25. The van der Waals surface area contributed by atoms with Crippen molar-refractivity contribution in [3.05, 3.63) is 44.3 Å². The molecule has 2 nitrogen and oxygen atoms in total. The Labute approximate surface area is 143 Å². The van der Waals surface area contributed by atoms with Crippen LogP contribution in [0.1, 0.15) is 42.3 Å². The lowest BCUT2D eigenvalue weighted by Gasteiger charge is -2.04. The van der Waals surface area contributed by atoms with Gasteiger partial charge < -0.3 is 5.32 Å². The van der Waals surface area contributed by atoms with Crippen LogP contribution in [0.15, 0.2) is 33.6 Å². The second kappa shape index (κ2) is 8.32. The van der Waals surface area contributed by atoms with Crippen molar-refractivity contribution in [3.8, 4) is 0 Å². The number of aromatic nitrogens is 1. The van der Waals surface area contributed by atoms with E-state index in [0.717, 1.165) is 23.3 Å². The minimum Gasteiger partial charge on any atom is -0.312 e. The lowest BCUT2D eigenvalue weighted by molar-refractivity contribution is 0.713. The average molecular weight is 385 g/mol. The van der Waals surface area contributed by atoms with E-state index in [1.54, 1.807) is 0 Å². The Morgan fingerprint density at radius 2 is 2.10 bits per heavy atom. The zero-order valence-corrected chi connectivity index (χ0v) is 15.9. The lowest BCUT2D eigenvalue weighted by atomic mass is 10.1. The highest BCUT2D eigenvalue weighted by atomic mass is 79.9. The van der Waals surface area contributed by atoms with Crippen molar-refractivity contribution >= 4 is 39.0 Å². The lowest BCUT2D eigenvalue weighted by Crippen LogP contribution is -2.12. The molecule has 114 valence electrons. The Morgan fingerprint density at radius 1 is 1.33 bits per heavy atom. The molecule has 1 aromatic carbocycles. The van der Waals surface area contributed by atoms with Gasteiger partial charge in [-0.25, -0.2) is 4.98 Å². The SMILES string of the molecule is CCNCc1sc(CSc2ccccc2Br)nc1C(C)C. The van der Waals surface area contributed by atoms with E-state index in [4.69, 9.17) is 4.98 Å². The fourth-order valence-corrected chi connectivity index (χ4v) is 4.75. The number of thioether (sulfide) groups is 1.